The van der Waals surface area contributed by atoms with Gasteiger partial charge in [0, 0.05) is 13.0 Å². The van der Waals surface area contributed by atoms with Gasteiger partial charge in [-0.15, -0.1) is 0 Å². The number of rotatable bonds is 7. The molecule has 0 saturated carbocycles. The van der Waals surface area contributed by atoms with Crippen LogP contribution in [0, 0.1) is 5.41 Å². The van der Waals surface area contributed by atoms with E-state index in [2.05, 4.69) is 5.32 Å². The number of hydrogen-bond acceptors (Lipinski definition) is 3. The number of amides is 1. The highest BCUT2D eigenvalue weighted by Crippen LogP contribution is 2.26. The van der Waals surface area contributed by atoms with Crippen LogP contribution in [-0.2, 0) is 4.79 Å². The molecule has 0 aliphatic carbocycles. The maximum absolute atomic E-state index is 11.7. The fourth-order valence-electron chi connectivity index (χ4n) is 1.61. The summed E-state index contributed by atoms with van der Waals surface area (Å²) in [7, 11) is 0. The first-order valence-electron chi connectivity index (χ1n) is 6.05. The molecule has 1 amide bonds. The molecule has 1 heterocycles. The van der Waals surface area contributed by atoms with Crippen LogP contribution in [0.25, 0.3) is 0 Å². The lowest BCUT2D eigenvalue weighted by atomic mass is 9.84. The number of furan rings is 1. The average Bonchev–Trinajstić information content (AvgIpc) is 2.73. The smallest absolute Gasteiger partial charge is 0.303 e. The van der Waals surface area contributed by atoms with Gasteiger partial charge in [0.25, 0.3) is 5.91 Å². The van der Waals surface area contributed by atoms with Gasteiger partial charge in [-0.2, -0.15) is 0 Å². The van der Waals surface area contributed by atoms with E-state index in [4.69, 9.17) is 21.1 Å². The summed E-state index contributed by atoms with van der Waals surface area (Å²) in [5.41, 5.74) is -0.132. The molecule has 0 unspecified atom stereocenters. The molecule has 1 aromatic heterocycles. The Kier molecular flexibility index (Phi) is 5.42. The van der Waals surface area contributed by atoms with Gasteiger partial charge >= 0.3 is 5.97 Å². The van der Waals surface area contributed by atoms with E-state index in [0.717, 1.165) is 0 Å². The van der Waals surface area contributed by atoms with E-state index in [0.29, 0.717) is 19.4 Å². The van der Waals surface area contributed by atoms with Gasteiger partial charge in [0.05, 0.1) is 0 Å². The van der Waals surface area contributed by atoms with Crippen LogP contribution in [0.4, 0.5) is 0 Å². The Morgan fingerprint density at radius 1 is 1.37 bits per heavy atom. The predicted octanol–water partition coefficient (Wildman–Crippen LogP) is 2.94. The highest BCUT2D eigenvalue weighted by molar-refractivity contribution is 6.29. The van der Waals surface area contributed by atoms with E-state index in [9.17, 15) is 9.59 Å². The lowest BCUT2D eigenvalue weighted by Crippen LogP contribution is -2.28. The second-order valence-electron chi connectivity index (χ2n) is 5.17. The van der Waals surface area contributed by atoms with Gasteiger partial charge in [-0.3, -0.25) is 9.59 Å². The van der Waals surface area contributed by atoms with Crippen molar-refractivity contribution >= 4 is 23.5 Å². The molecular formula is C13H18ClNO4. The van der Waals surface area contributed by atoms with Crippen LogP contribution in [0.5, 0.6) is 0 Å². The molecule has 6 heteroatoms. The molecule has 0 aromatic carbocycles. The van der Waals surface area contributed by atoms with E-state index in [1.165, 1.54) is 12.1 Å². The number of carboxylic acid groups (broad SMARTS) is 1. The van der Waals surface area contributed by atoms with Crippen LogP contribution in [-0.4, -0.2) is 23.5 Å². The molecule has 5 nitrogen and oxygen atoms in total. The summed E-state index contributed by atoms with van der Waals surface area (Å²) < 4.78 is 4.98. The largest absolute Gasteiger partial charge is 0.481 e. The van der Waals surface area contributed by atoms with Crippen molar-refractivity contribution in [2.45, 2.75) is 33.1 Å². The number of carboxylic acids is 1. The van der Waals surface area contributed by atoms with Crippen molar-refractivity contribution in [3.63, 3.8) is 0 Å². The summed E-state index contributed by atoms with van der Waals surface area (Å²) in [6, 6.07) is 3.01. The van der Waals surface area contributed by atoms with Crippen molar-refractivity contribution < 1.29 is 19.1 Å². The van der Waals surface area contributed by atoms with Gasteiger partial charge < -0.3 is 14.8 Å². The molecular weight excluding hydrogens is 270 g/mol. The Hall–Kier alpha value is -1.49. The van der Waals surface area contributed by atoms with Gasteiger partial charge in [-0.25, -0.2) is 0 Å². The molecule has 1 aromatic rings. The maximum Gasteiger partial charge on any atom is 0.303 e. The molecule has 0 fully saturated rings. The van der Waals surface area contributed by atoms with E-state index >= 15 is 0 Å². The fraction of sp³-hybridized carbons (Fsp3) is 0.538. The minimum atomic E-state index is -0.803. The first kappa shape index (κ1) is 15.6. The highest BCUT2D eigenvalue weighted by atomic mass is 35.5. The third-order valence-electron chi connectivity index (χ3n) is 2.90. The number of carbonyl (C=O) groups is 2. The molecule has 1 rings (SSSR count). The second-order valence-corrected chi connectivity index (χ2v) is 5.54. The number of aliphatic carboxylic acids is 1. The van der Waals surface area contributed by atoms with Crippen LogP contribution in [0.15, 0.2) is 16.5 Å². The van der Waals surface area contributed by atoms with Crippen LogP contribution < -0.4 is 5.32 Å². The zero-order valence-corrected chi connectivity index (χ0v) is 11.8. The normalized spacial score (nSPS) is 11.3. The van der Waals surface area contributed by atoms with Gasteiger partial charge in [-0.1, -0.05) is 13.8 Å². The quantitative estimate of drug-likeness (QED) is 0.808. The minimum absolute atomic E-state index is 0.132. The third-order valence-corrected chi connectivity index (χ3v) is 3.10. The van der Waals surface area contributed by atoms with Crippen molar-refractivity contribution in [1.82, 2.24) is 5.32 Å². The van der Waals surface area contributed by atoms with Gasteiger partial charge in [-0.05, 0) is 42.0 Å². The van der Waals surface area contributed by atoms with Gasteiger partial charge in [0.2, 0.25) is 0 Å². The van der Waals surface area contributed by atoms with Crippen molar-refractivity contribution in [1.29, 1.82) is 0 Å². The van der Waals surface area contributed by atoms with Gasteiger partial charge in [0.15, 0.2) is 11.0 Å². The molecule has 0 bridgehead atoms. The maximum atomic E-state index is 11.7. The summed E-state index contributed by atoms with van der Waals surface area (Å²) in [6.07, 6.45) is 1.40. The number of halogens is 1. The average molecular weight is 288 g/mol. The summed E-state index contributed by atoms with van der Waals surface area (Å²) in [4.78, 5) is 22.2. The van der Waals surface area contributed by atoms with Crippen molar-refractivity contribution in [2.75, 3.05) is 6.54 Å². The first-order valence-corrected chi connectivity index (χ1v) is 6.43. The van der Waals surface area contributed by atoms with Gasteiger partial charge in [0.1, 0.15) is 0 Å². The van der Waals surface area contributed by atoms with Crippen LogP contribution in [0.3, 0.4) is 0 Å². The summed E-state index contributed by atoms with van der Waals surface area (Å²) >= 11 is 5.58. The molecule has 0 radical (unpaired) electrons. The van der Waals surface area contributed by atoms with Crippen LogP contribution >= 0.6 is 11.6 Å². The lowest BCUT2D eigenvalue weighted by molar-refractivity contribution is -0.137. The standard InChI is InChI=1S/C13H18ClNO4/c1-13(2,6-5-11(16)17)7-8-15-12(18)9-3-4-10(14)19-9/h3-4H,5-8H2,1-2H3,(H,15,18)(H,16,17). The first-order chi connectivity index (χ1) is 8.80. The number of nitrogens with one attached hydrogen (secondary N) is 1. The number of carbonyl (C=O) groups excluding carboxylic acids is 1. The molecule has 0 aliphatic heterocycles. The zero-order chi connectivity index (χ0) is 14.5. The molecule has 19 heavy (non-hydrogen) atoms. The Bertz CT molecular complexity index is 453. The topological polar surface area (TPSA) is 79.5 Å². The zero-order valence-electron chi connectivity index (χ0n) is 11.0. The van der Waals surface area contributed by atoms with Crippen molar-refractivity contribution in [2.24, 2.45) is 5.41 Å². The Morgan fingerprint density at radius 2 is 2.05 bits per heavy atom. The predicted molar refractivity (Wildman–Crippen MR) is 71.3 cm³/mol. The van der Waals surface area contributed by atoms with Crippen molar-refractivity contribution in [3.8, 4) is 0 Å². The monoisotopic (exact) mass is 287 g/mol. The minimum Gasteiger partial charge on any atom is -0.481 e. The van der Waals surface area contributed by atoms with Crippen molar-refractivity contribution in [3.05, 3.63) is 23.1 Å². The fourth-order valence-corrected chi connectivity index (χ4v) is 1.75. The Morgan fingerprint density at radius 3 is 2.58 bits per heavy atom. The van der Waals surface area contributed by atoms with E-state index in [1.807, 2.05) is 13.8 Å². The Balaban J connectivity index is 2.33. The molecule has 2 N–H and O–H groups in total. The van der Waals surface area contributed by atoms with Crippen LogP contribution in [0.1, 0.15) is 43.7 Å². The summed E-state index contributed by atoms with van der Waals surface area (Å²) in [6.45, 7) is 4.42. The molecule has 106 valence electrons. The summed E-state index contributed by atoms with van der Waals surface area (Å²) in [5.74, 6) is -0.948. The Labute approximate surface area is 116 Å². The summed E-state index contributed by atoms with van der Waals surface area (Å²) in [5, 5.41) is 11.5. The van der Waals surface area contributed by atoms with E-state index < -0.39 is 5.97 Å². The number of hydrogen-bond donors (Lipinski definition) is 2. The molecule has 0 aliphatic rings. The third kappa shape index (κ3) is 5.79. The van der Waals surface area contributed by atoms with E-state index in [-0.39, 0.29) is 28.7 Å². The molecule has 0 atom stereocenters. The molecule has 0 spiro atoms. The van der Waals surface area contributed by atoms with Crippen LogP contribution in [0.2, 0.25) is 5.22 Å². The van der Waals surface area contributed by atoms with E-state index in [1.54, 1.807) is 0 Å². The second kappa shape index (κ2) is 6.61. The highest BCUT2D eigenvalue weighted by Gasteiger charge is 2.19. The molecule has 0 saturated heterocycles. The SMILES string of the molecule is CC(C)(CCNC(=O)c1ccc(Cl)o1)CCC(=O)O. The lowest BCUT2D eigenvalue weighted by Gasteiger charge is -2.23.